The Kier molecular flexibility index (Phi) is 1.90. The molecule has 0 aliphatic carbocycles. The van der Waals surface area contributed by atoms with E-state index in [9.17, 15) is 0 Å². The fourth-order valence-electron chi connectivity index (χ4n) is 1.38. The van der Waals surface area contributed by atoms with Gasteiger partial charge in [-0.25, -0.2) is 4.98 Å². The SMILES string of the molecule is COc1cccc2cnc(CN)n12. The molecular weight excluding hydrogens is 166 g/mol. The lowest BCUT2D eigenvalue weighted by molar-refractivity contribution is 0.390. The van der Waals surface area contributed by atoms with Gasteiger partial charge in [0.05, 0.1) is 25.4 Å². The molecule has 2 aromatic rings. The molecular formula is C9H11N3O. The summed E-state index contributed by atoms with van der Waals surface area (Å²) in [6, 6.07) is 5.78. The van der Waals surface area contributed by atoms with Crippen molar-refractivity contribution < 1.29 is 4.74 Å². The van der Waals surface area contributed by atoms with E-state index in [4.69, 9.17) is 10.5 Å². The highest BCUT2D eigenvalue weighted by molar-refractivity contribution is 5.48. The first kappa shape index (κ1) is 8.07. The molecule has 0 atom stereocenters. The predicted molar refractivity (Wildman–Crippen MR) is 49.6 cm³/mol. The van der Waals surface area contributed by atoms with E-state index in [2.05, 4.69) is 4.98 Å². The summed E-state index contributed by atoms with van der Waals surface area (Å²) in [5, 5.41) is 0. The van der Waals surface area contributed by atoms with Crippen molar-refractivity contribution in [2.45, 2.75) is 6.54 Å². The zero-order valence-electron chi connectivity index (χ0n) is 7.40. The van der Waals surface area contributed by atoms with Gasteiger partial charge in [-0.05, 0) is 12.1 Å². The lowest BCUT2D eigenvalue weighted by Gasteiger charge is -2.05. The number of imidazole rings is 1. The summed E-state index contributed by atoms with van der Waals surface area (Å²) in [6.07, 6.45) is 1.78. The van der Waals surface area contributed by atoms with Crippen LogP contribution in [-0.2, 0) is 6.54 Å². The zero-order chi connectivity index (χ0) is 9.26. The highest BCUT2D eigenvalue weighted by Gasteiger charge is 2.05. The Morgan fingerprint density at radius 2 is 2.38 bits per heavy atom. The van der Waals surface area contributed by atoms with Gasteiger partial charge in [0, 0.05) is 0 Å². The minimum atomic E-state index is 0.411. The highest BCUT2D eigenvalue weighted by Crippen LogP contribution is 2.16. The van der Waals surface area contributed by atoms with Gasteiger partial charge in [0.1, 0.15) is 5.82 Å². The summed E-state index contributed by atoms with van der Waals surface area (Å²) in [6.45, 7) is 0.411. The third kappa shape index (κ3) is 1.15. The summed E-state index contributed by atoms with van der Waals surface area (Å²) < 4.78 is 7.10. The Bertz CT molecular complexity index is 422. The average molecular weight is 177 g/mol. The van der Waals surface area contributed by atoms with Crippen LogP contribution in [-0.4, -0.2) is 16.5 Å². The monoisotopic (exact) mass is 177 g/mol. The molecule has 0 aliphatic heterocycles. The molecule has 2 aromatic heterocycles. The first-order valence-electron chi connectivity index (χ1n) is 4.06. The molecule has 0 unspecified atom stereocenters. The number of nitrogens with zero attached hydrogens (tertiary/aromatic N) is 2. The quantitative estimate of drug-likeness (QED) is 0.738. The average Bonchev–Trinajstić information content (AvgIpc) is 2.60. The molecule has 0 spiro atoms. The molecule has 2 N–H and O–H groups in total. The van der Waals surface area contributed by atoms with E-state index in [-0.39, 0.29) is 0 Å². The van der Waals surface area contributed by atoms with E-state index in [0.717, 1.165) is 17.2 Å². The number of ether oxygens (including phenoxy) is 1. The third-order valence-corrected chi connectivity index (χ3v) is 1.98. The van der Waals surface area contributed by atoms with Crippen LogP contribution in [0.4, 0.5) is 0 Å². The van der Waals surface area contributed by atoms with Crippen molar-refractivity contribution in [3.8, 4) is 5.88 Å². The number of fused-ring (bicyclic) bond motifs is 1. The second-order valence-electron chi connectivity index (χ2n) is 2.71. The number of methoxy groups -OCH3 is 1. The van der Waals surface area contributed by atoms with Crippen molar-refractivity contribution in [2.24, 2.45) is 5.73 Å². The van der Waals surface area contributed by atoms with Gasteiger partial charge in [0.25, 0.3) is 0 Å². The molecule has 68 valence electrons. The summed E-state index contributed by atoms with van der Waals surface area (Å²) in [5.74, 6) is 1.57. The van der Waals surface area contributed by atoms with Crippen LogP contribution in [0.2, 0.25) is 0 Å². The van der Waals surface area contributed by atoms with Crippen LogP contribution in [0, 0.1) is 0 Å². The Morgan fingerprint density at radius 1 is 1.54 bits per heavy atom. The molecule has 4 heteroatoms. The van der Waals surface area contributed by atoms with Crippen molar-refractivity contribution >= 4 is 5.52 Å². The van der Waals surface area contributed by atoms with E-state index in [1.807, 2.05) is 22.6 Å². The van der Waals surface area contributed by atoms with Crippen molar-refractivity contribution in [3.63, 3.8) is 0 Å². The smallest absolute Gasteiger partial charge is 0.199 e. The molecule has 2 heterocycles. The van der Waals surface area contributed by atoms with Crippen LogP contribution < -0.4 is 10.5 Å². The fourth-order valence-corrected chi connectivity index (χ4v) is 1.38. The van der Waals surface area contributed by atoms with Crippen molar-refractivity contribution in [3.05, 3.63) is 30.2 Å². The summed E-state index contributed by atoms with van der Waals surface area (Å²) in [7, 11) is 1.63. The Hall–Kier alpha value is -1.55. The molecule has 0 fully saturated rings. The summed E-state index contributed by atoms with van der Waals surface area (Å²) >= 11 is 0. The van der Waals surface area contributed by atoms with E-state index in [0.29, 0.717) is 6.54 Å². The largest absolute Gasteiger partial charge is 0.482 e. The molecule has 0 bridgehead atoms. The van der Waals surface area contributed by atoms with E-state index in [1.54, 1.807) is 13.3 Å². The number of nitrogens with two attached hydrogens (primary N) is 1. The van der Waals surface area contributed by atoms with Gasteiger partial charge in [-0.3, -0.25) is 4.40 Å². The number of pyridine rings is 1. The van der Waals surface area contributed by atoms with Gasteiger partial charge in [0.2, 0.25) is 0 Å². The molecule has 4 nitrogen and oxygen atoms in total. The Morgan fingerprint density at radius 3 is 3.08 bits per heavy atom. The van der Waals surface area contributed by atoms with Crippen LogP contribution in [0.25, 0.3) is 5.52 Å². The third-order valence-electron chi connectivity index (χ3n) is 1.98. The van der Waals surface area contributed by atoms with Crippen LogP contribution >= 0.6 is 0 Å². The van der Waals surface area contributed by atoms with Crippen LogP contribution in [0.3, 0.4) is 0 Å². The van der Waals surface area contributed by atoms with Crippen molar-refractivity contribution in [2.75, 3.05) is 7.11 Å². The Balaban J connectivity index is 2.76. The maximum absolute atomic E-state index is 5.55. The zero-order valence-corrected chi connectivity index (χ0v) is 7.40. The summed E-state index contributed by atoms with van der Waals surface area (Å²) in [4.78, 5) is 4.18. The fraction of sp³-hybridized carbons (Fsp3) is 0.222. The van der Waals surface area contributed by atoms with E-state index >= 15 is 0 Å². The lowest BCUT2D eigenvalue weighted by atomic mass is 10.4. The van der Waals surface area contributed by atoms with Crippen LogP contribution in [0.5, 0.6) is 5.88 Å². The molecule has 0 saturated heterocycles. The van der Waals surface area contributed by atoms with Gasteiger partial charge < -0.3 is 10.5 Å². The molecule has 0 aromatic carbocycles. The first-order valence-corrected chi connectivity index (χ1v) is 4.06. The number of hydrogen-bond donors (Lipinski definition) is 1. The lowest BCUT2D eigenvalue weighted by Crippen LogP contribution is -2.04. The molecule has 0 radical (unpaired) electrons. The number of rotatable bonds is 2. The molecule has 0 aliphatic rings. The second kappa shape index (κ2) is 3.06. The highest BCUT2D eigenvalue weighted by atomic mass is 16.5. The van der Waals surface area contributed by atoms with E-state index < -0.39 is 0 Å². The first-order chi connectivity index (χ1) is 6.36. The standard InChI is InChI=1S/C9H11N3O/c1-13-9-4-2-3-7-6-11-8(5-10)12(7)9/h2-4,6H,5,10H2,1H3. The van der Waals surface area contributed by atoms with Gasteiger partial charge in [0.15, 0.2) is 5.88 Å². The van der Waals surface area contributed by atoms with Crippen LogP contribution in [0.15, 0.2) is 24.4 Å². The van der Waals surface area contributed by atoms with Gasteiger partial charge in [-0.1, -0.05) is 6.07 Å². The van der Waals surface area contributed by atoms with Gasteiger partial charge >= 0.3 is 0 Å². The normalized spacial score (nSPS) is 10.6. The second-order valence-corrected chi connectivity index (χ2v) is 2.71. The van der Waals surface area contributed by atoms with Crippen molar-refractivity contribution in [1.82, 2.24) is 9.38 Å². The molecule has 2 rings (SSSR count). The molecule has 0 amide bonds. The van der Waals surface area contributed by atoms with Gasteiger partial charge in [-0.15, -0.1) is 0 Å². The maximum atomic E-state index is 5.55. The topological polar surface area (TPSA) is 52.5 Å². The number of hydrogen-bond acceptors (Lipinski definition) is 3. The number of aromatic nitrogens is 2. The molecule has 0 saturated carbocycles. The van der Waals surface area contributed by atoms with Gasteiger partial charge in [-0.2, -0.15) is 0 Å². The minimum absolute atomic E-state index is 0.411. The predicted octanol–water partition coefficient (Wildman–Crippen LogP) is 0.802. The van der Waals surface area contributed by atoms with E-state index in [1.165, 1.54) is 0 Å². The van der Waals surface area contributed by atoms with Crippen LogP contribution in [0.1, 0.15) is 5.82 Å². The minimum Gasteiger partial charge on any atom is -0.482 e. The summed E-state index contributed by atoms with van der Waals surface area (Å²) in [5.41, 5.74) is 6.54. The maximum Gasteiger partial charge on any atom is 0.199 e. The molecule has 13 heavy (non-hydrogen) atoms. The van der Waals surface area contributed by atoms with Crippen molar-refractivity contribution in [1.29, 1.82) is 0 Å². The Labute approximate surface area is 76.0 Å².